The monoisotopic (exact) mass is 351 g/mol. The van der Waals surface area contributed by atoms with Crippen LogP contribution in [0.4, 0.5) is 0 Å². The number of aliphatic hydroxyl groups is 1. The van der Waals surface area contributed by atoms with Crippen molar-refractivity contribution < 1.29 is 9.63 Å². The number of hydrogen-bond donors (Lipinski definition) is 1. The maximum atomic E-state index is 9.02. The lowest BCUT2D eigenvalue weighted by molar-refractivity contribution is 0.114. The summed E-state index contributed by atoms with van der Waals surface area (Å²) in [5.74, 6) is 1.38. The molecule has 0 bridgehead atoms. The minimum Gasteiger partial charge on any atom is -0.396 e. The Bertz CT molecular complexity index is 861. The van der Waals surface area contributed by atoms with Gasteiger partial charge in [-0.1, -0.05) is 48.0 Å². The smallest absolute Gasteiger partial charge is 0.244 e. The van der Waals surface area contributed by atoms with E-state index in [0.29, 0.717) is 5.82 Å². The molecule has 0 saturated carbocycles. The summed E-state index contributed by atoms with van der Waals surface area (Å²) in [6.45, 7) is 2.29. The van der Waals surface area contributed by atoms with E-state index in [1.807, 2.05) is 12.1 Å². The number of hydrogen-bond acceptors (Lipinski definition) is 5. The van der Waals surface area contributed by atoms with Crippen LogP contribution < -0.4 is 0 Å². The lowest BCUT2D eigenvalue weighted by Crippen LogP contribution is -2.34. The van der Waals surface area contributed by atoms with E-state index < -0.39 is 0 Å². The summed E-state index contributed by atoms with van der Waals surface area (Å²) >= 11 is 0. The Labute approximate surface area is 153 Å². The number of nitrogens with zero attached hydrogens (tertiary/aromatic N) is 3. The fourth-order valence-electron chi connectivity index (χ4n) is 3.78. The van der Waals surface area contributed by atoms with Crippen LogP contribution in [0.2, 0.25) is 0 Å². The SMILES string of the molecule is OCCCCN1CCCC[C@H]1c1nc(-c2ccc3ccccc3c2)no1. The van der Waals surface area contributed by atoms with Gasteiger partial charge < -0.3 is 9.63 Å². The molecule has 136 valence electrons. The van der Waals surface area contributed by atoms with E-state index in [9.17, 15) is 0 Å². The third-order valence-electron chi connectivity index (χ3n) is 5.20. The van der Waals surface area contributed by atoms with Crippen molar-refractivity contribution in [3.63, 3.8) is 0 Å². The fourth-order valence-corrected chi connectivity index (χ4v) is 3.78. The zero-order valence-corrected chi connectivity index (χ0v) is 15.0. The highest BCUT2D eigenvalue weighted by atomic mass is 16.5. The Morgan fingerprint density at radius 3 is 2.85 bits per heavy atom. The van der Waals surface area contributed by atoms with Gasteiger partial charge in [-0.25, -0.2) is 0 Å². The zero-order valence-electron chi connectivity index (χ0n) is 15.0. The Morgan fingerprint density at radius 2 is 1.96 bits per heavy atom. The van der Waals surface area contributed by atoms with Crippen LogP contribution in [0.25, 0.3) is 22.2 Å². The van der Waals surface area contributed by atoms with E-state index in [1.165, 1.54) is 23.6 Å². The molecule has 5 nitrogen and oxygen atoms in total. The number of piperidine rings is 1. The molecule has 0 spiro atoms. The normalized spacial score (nSPS) is 18.4. The van der Waals surface area contributed by atoms with Crippen LogP contribution in [0, 0.1) is 0 Å². The lowest BCUT2D eigenvalue weighted by Gasteiger charge is -2.33. The Morgan fingerprint density at radius 1 is 1.08 bits per heavy atom. The first-order valence-electron chi connectivity index (χ1n) is 9.53. The first kappa shape index (κ1) is 17.2. The number of fused-ring (bicyclic) bond motifs is 1. The van der Waals surface area contributed by atoms with Crippen molar-refractivity contribution in [2.75, 3.05) is 19.7 Å². The van der Waals surface area contributed by atoms with Crippen LogP contribution in [0.1, 0.15) is 44.0 Å². The predicted octanol–water partition coefficient (Wildman–Crippen LogP) is 4.19. The van der Waals surface area contributed by atoms with Crippen LogP contribution in [-0.4, -0.2) is 39.8 Å². The average molecular weight is 351 g/mol. The van der Waals surface area contributed by atoms with E-state index in [-0.39, 0.29) is 12.6 Å². The highest BCUT2D eigenvalue weighted by Crippen LogP contribution is 2.31. The summed E-state index contributed by atoms with van der Waals surface area (Å²) in [5, 5.41) is 15.7. The maximum absolute atomic E-state index is 9.02. The zero-order chi connectivity index (χ0) is 17.8. The highest BCUT2D eigenvalue weighted by Gasteiger charge is 2.28. The molecule has 2 aromatic carbocycles. The molecule has 0 unspecified atom stereocenters. The average Bonchev–Trinajstić information content (AvgIpc) is 3.18. The van der Waals surface area contributed by atoms with Gasteiger partial charge >= 0.3 is 0 Å². The van der Waals surface area contributed by atoms with Gasteiger partial charge in [-0.2, -0.15) is 4.98 Å². The minimum atomic E-state index is 0.198. The molecule has 4 rings (SSSR count). The van der Waals surface area contributed by atoms with Gasteiger partial charge in [0.1, 0.15) is 0 Å². The molecular formula is C21H25N3O2. The summed E-state index contributed by atoms with van der Waals surface area (Å²) in [7, 11) is 0. The summed E-state index contributed by atoms with van der Waals surface area (Å²) < 4.78 is 5.65. The van der Waals surface area contributed by atoms with Gasteiger partial charge in [0, 0.05) is 12.2 Å². The molecule has 0 aliphatic carbocycles. The second kappa shape index (κ2) is 7.98. The first-order chi connectivity index (χ1) is 12.8. The molecule has 0 amide bonds. The summed E-state index contributed by atoms with van der Waals surface area (Å²) in [5.41, 5.74) is 0.987. The van der Waals surface area contributed by atoms with Crippen molar-refractivity contribution >= 4 is 10.8 Å². The topological polar surface area (TPSA) is 62.4 Å². The van der Waals surface area contributed by atoms with Gasteiger partial charge in [0.15, 0.2) is 0 Å². The molecule has 1 aliphatic rings. The molecule has 1 atom stereocenters. The van der Waals surface area contributed by atoms with Gasteiger partial charge in [0.2, 0.25) is 11.7 Å². The molecule has 3 aromatic rings. The molecule has 1 fully saturated rings. The Hall–Kier alpha value is -2.24. The number of unbranched alkanes of at least 4 members (excludes halogenated alkanes) is 1. The second-order valence-electron chi connectivity index (χ2n) is 7.00. The fraction of sp³-hybridized carbons (Fsp3) is 0.429. The first-order valence-corrected chi connectivity index (χ1v) is 9.53. The largest absolute Gasteiger partial charge is 0.396 e. The van der Waals surface area contributed by atoms with Crippen molar-refractivity contribution in [3.8, 4) is 11.4 Å². The Kier molecular flexibility index (Phi) is 5.27. The molecule has 1 saturated heterocycles. The molecular weight excluding hydrogens is 326 g/mol. The van der Waals surface area contributed by atoms with E-state index in [0.717, 1.165) is 43.8 Å². The summed E-state index contributed by atoms with van der Waals surface area (Å²) in [6, 6.07) is 14.8. The van der Waals surface area contributed by atoms with Crippen LogP contribution in [-0.2, 0) is 0 Å². The van der Waals surface area contributed by atoms with Crippen molar-refractivity contribution in [2.24, 2.45) is 0 Å². The molecule has 1 aliphatic heterocycles. The Balaban J connectivity index is 1.55. The number of aliphatic hydroxyl groups excluding tert-OH is 1. The molecule has 0 radical (unpaired) electrons. The minimum absolute atomic E-state index is 0.198. The van der Waals surface area contributed by atoms with Gasteiger partial charge in [-0.15, -0.1) is 0 Å². The summed E-state index contributed by atoms with van der Waals surface area (Å²) in [4.78, 5) is 7.15. The van der Waals surface area contributed by atoms with E-state index in [1.54, 1.807) is 0 Å². The highest BCUT2D eigenvalue weighted by molar-refractivity contribution is 5.86. The van der Waals surface area contributed by atoms with Crippen molar-refractivity contribution in [1.29, 1.82) is 0 Å². The van der Waals surface area contributed by atoms with E-state index >= 15 is 0 Å². The van der Waals surface area contributed by atoms with Crippen LogP contribution in [0.15, 0.2) is 47.0 Å². The number of likely N-dealkylation sites (tertiary alicyclic amines) is 1. The van der Waals surface area contributed by atoms with E-state index in [2.05, 4.69) is 40.4 Å². The molecule has 1 aromatic heterocycles. The van der Waals surface area contributed by atoms with Crippen molar-refractivity contribution in [2.45, 2.75) is 38.1 Å². The summed E-state index contributed by atoms with van der Waals surface area (Å²) in [6.07, 6.45) is 5.29. The van der Waals surface area contributed by atoms with Gasteiger partial charge in [-0.05, 0) is 55.6 Å². The number of benzene rings is 2. The van der Waals surface area contributed by atoms with Crippen LogP contribution >= 0.6 is 0 Å². The van der Waals surface area contributed by atoms with Crippen LogP contribution in [0.5, 0.6) is 0 Å². The standard InChI is InChI=1S/C21H25N3O2/c25-14-6-5-13-24-12-4-3-9-19(24)21-22-20(23-26-21)18-11-10-16-7-1-2-8-17(16)15-18/h1-2,7-8,10-11,15,19,25H,3-6,9,12-14H2/t19-/m0/s1. The third-order valence-corrected chi connectivity index (χ3v) is 5.20. The second-order valence-corrected chi connectivity index (χ2v) is 7.00. The molecule has 1 N–H and O–H groups in total. The molecule has 26 heavy (non-hydrogen) atoms. The lowest BCUT2D eigenvalue weighted by atomic mass is 10.0. The third kappa shape index (κ3) is 3.64. The molecule has 5 heteroatoms. The number of rotatable bonds is 6. The molecule has 2 heterocycles. The van der Waals surface area contributed by atoms with Gasteiger partial charge in [0.05, 0.1) is 6.04 Å². The predicted molar refractivity (Wildman–Crippen MR) is 102 cm³/mol. The van der Waals surface area contributed by atoms with Crippen LogP contribution in [0.3, 0.4) is 0 Å². The van der Waals surface area contributed by atoms with Crippen molar-refractivity contribution in [3.05, 3.63) is 48.4 Å². The van der Waals surface area contributed by atoms with E-state index in [4.69, 9.17) is 14.6 Å². The van der Waals surface area contributed by atoms with Crippen molar-refractivity contribution in [1.82, 2.24) is 15.0 Å². The quantitative estimate of drug-likeness (QED) is 0.675. The van der Waals surface area contributed by atoms with Gasteiger partial charge in [-0.3, -0.25) is 4.90 Å². The maximum Gasteiger partial charge on any atom is 0.244 e. The number of aromatic nitrogens is 2. The van der Waals surface area contributed by atoms with Gasteiger partial charge in [0.25, 0.3) is 0 Å².